The van der Waals surface area contributed by atoms with E-state index in [-0.39, 0.29) is 0 Å². The lowest BCUT2D eigenvalue weighted by atomic mass is 9.87. The second-order valence-electron chi connectivity index (χ2n) is 7.30. The molecule has 0 saturated carbocycles. The molecule has 2 nitrogen and oxygen atoms in total. The molecule has 0 bridgehead atoms. The Kier molecular flexibility index (Phi) is 4.69. The molecule has 2 heterocycles. The number of fused-ring (bicyclic) bond motifs is 1. The summed E-state index contributed by atoms with van der Waals surface area (Å²) in [7, 11) is 0. The van der Waals surface area contributed by atoms with Crippen molar-refractivity contribution >= 4 is 5.71 Å². The van der Waals surface area contributed by atoms with Gasteiger partial charge < -0.3 is 4.90 Å². The summed E-state index contributed by atoms with van der Waals surface area (Å²) in [5.74, 6) is 0.468. The maximum Gasteiger partial charge on any atom is 0.182 e. The molecule has 0 radical (unpaired) electrons. The number of hydrogen-bond donors (Lipinski definition) is 1. The minimum absolute atomic E-state index is 0.468. The number of nitrogens with one attached hydrogen (secondary N) is 1. The van der Waals surface area contributed by atoms with E-state index in [2.05, 4.69) is 77.1 Å². The molecule has 4 rings (SSSR count). The van der Waals surface area contributed by atoms with Gasteiger partial charge in [-0.1, -0.05) is 55.1 Å². The fourth-order valence-electron chi connectivity index (χ4n) is 4.32. The van der Waals surface area contributed by atoms with E-state index < -0.39 is 0 Å². The molecule has 2 aromatic carbocycles. The van der Waals surface area contributed by atoms with Crippen LogP contribution in [0.2, 0.25) is 0 Å². The first-order chi connectivity index (χ1) is 12.3. The maximum atomic E-state index is 4.46. The van der Waals surface area contributed by atoms with Crippen molar-refractivity contribution in [3.8, 4) is 0 Å². The van der Waals surface area contributed by atoms with Crippen molar-refractivity contribution in [1.82, 2.24) is 4.90 Å². The van der Waals surface area contributed by atoms with Gasteiger partial charge in [-0.15, -0.1) is 0 Å². The first kappa shape index (κ1) is 16.1. The lowest BCUT2D eigenvalue weighted by molar-refractivity contribution is -0.464. The quantitative estimate of drug-likeness (QED) is 0.895. The molecule has 1 saturated heterocycles. The molecule has 0 aliphatic carbocycles. The third-order valence-electron chi connectivity index (χ3n) is 5.66. The molecule has 2 heteroatoms. The Hall–Kier alpha value is -2.35. The van der Waals surface area contributed by atoms with Crippen molar-refractivity contribution < 1.29 is 4.99 Å². The van der Waals surface area contributed by atoms with Crippen LogP contribution in [-0.4, -0.2) is 29.7 Å². The molecular formula is C23H27N2+. The van der Waals surface area contributed by atoms with Gasteiger partial charge in [-0.3, -0.25) is 0 Å². The van der Waals surface area contributed by atoms with Crippen molar-refractivity contribution in [2.75, 3.05) is 13.1 Å². The maximum absolute atomic E-state index is 4.46. The van der Waals surface area contributed by atoms with Gasteiger partial charge in [0.05, 0.1) is 6.04 Å². The first-order valence-electron chi connectivity index (χ1n) is 9.46. The van der Waals surface area contributed by atoms with E-state index in [1.807, 2.05) is 0 Å². The molecule has 0 unspecified atom stereocenters. The molecule has 0 amide bonds. The smallest absolute Gasteiger partial charge is 0.182 e. The molecule has 0 aromatic heterocycles. The van der Waals surface area contributed by atoms with Crippen LogP contribution in [0.5, 0.6) is 0 Å². The van der Waals surface area contributed by atoms with E-state index in [0.29, 0.717) is 12.0 Å². The third-order valence-corrected chi connectivity index (χ3v) is 5.66. The summed E-state index contributed by atoms with van der Waals surface area (Å²) in [5, 5.41) is 0. The van der Waals surface area contributed by atoms with Crippen LogP contribution in [-0.2, 0) is 0 Å². The van der Waals surface area contributed by atoms with Crippen LogP contribution in [0, 0.1) is 0 Å². The summed E-state index contributed by atoms with van der Waals surface area (Å²) in [4.78, 5) is 6.36. The highest BCUT2D eigenvalue weighted by atomic mass is 15.2. The van der Waals surface area contributed by atoms with E-state index in [0.717, 1.165) is 25.9 Å². The van der Waals surface area contributed by atoms with Crippen LogP contribution < -0.4 is 4.99 Å². The molecule has 2 aliphatic heterocycles. The van der Waals surface area contributed by atoms with Crippen LogP contribution in [0.1, 0.15) is 42.7 Å². The number of allylic oxidation sites excluding steroid dienone is 1. The predicted octanol–water partition coefficient (Wildman–Crippen LogP) is 3.11. The Morgan fingerprint density at radius 1 is 0.920 bits per heavy atom. The lowest BCUT2D eigenvalue weighted by Crippen LogP contribution is -2.76. The van der Waals surface area contributed by atoms with Crippen molar-refractivity contribution in [2.24, 2.45) is 0 Å². The van der Waals surface area contributed by atoms with Crippen molar-refractivity contribution in [1.29, 1.82) is 0 Å². The lowest BCUT2D eigenvalue weighted by Gasteiger charge is -2.27. The van der Waals surface area contributed by atoms with Crippen LogP contribution in [0.3, 0.4) is 0 Å². The van der Waals surface area contributed by atoms with Gasteiger partial charge in [-0.05, 0) is 42.9 Å². The Morgan fingerprint density at radius 2 is 1.64 bits per heavy atom. The minimum Gasteiger partial charge on any atom is -0.366 e. The molecule has 25 heavy (non-hydrogen) atoms. The Bertz CT molecular complexity index is 748. The topological polar surface area (TPSA) is 17.2 Å². The molecule has 1 N–H and O–H groups in total. The summed E-state index contributed by atoms with van der Waals surface area (Å²) < 4.78 is 0. The zero-order valence-corrected chi connectivity index (χ0v) is 14.8. The summed E-state index contributed by atoms with van der Waals surface area (Å²) in [6, 6.07) is 22.3. The van der Waals surface area contributed by atoms with Crippen molar-refractivity contribution in [2.45, 2.75) is 37.6 Å². The van der Waals surface area contributed by atoms with E-state index in [1.54, 1.807) is 0 Å². The molecule has 1 fully saturated rings. The Morgan fingerprint density at radius 3 is 2.40 bits per heavy atom. The van der Waals surface area contributed by atoms with Crippen molar-refractivity contribution in [3.63, 3.8) is 0 Å². The first-order valence-corrected chi connectivity index (χ1v) is 9.46. The fourth-order valence-corrected chi connectivity index (χ4v) is 4.32. The largest absolute Gasteiger partial charge is 0.366 e. The standard InChI is InChI=1S/C23H26N2/c1-18-15-21(19-9-4-2-5-10-19)16-23(20-11-6-3-7-12-20)24-17-22-13-8-14-25(18)22/h2-7,9-12,21-22H,1,8,13-17H2/p+1/t21-,22-/m0/s1. The van der Waals surface area contributed by atoms with Crippen LogP contribution >= 0.6 is 0 Å². The van der Waals surface area contributed by atoms with Gasteiger partial charge in [0, 0.05) is 24.2 Å². The third kappa shape index (κ3) is 3.53. The van der Waals surface area contributed by atoms with Crippen molar-refractivity contribution in [3.05, 3.63) is 84.1 Å². The molecule has 2 aromatic rings. The van der Waals surface area contributed by atoms with Gasteiger partial charge in [0.2, 0.25) is 0 Å². The van der Waals surface area contributed by atoms with Gasteiger partial charge in [0.15, 0.2) is 12.3 Å². The summed E-state index contributed by atoms with van der Waals surface area (Å²) in [6.45, 7) is 6.64. The summed E-state index contributed by atoms with van der Waals surface area (Å²) in [5.41, 5.74) is 5.42. The Labute approximate surface area is 150 Å². The molecule has 128 valence electrons. The van der Waals surface area contributed by atoms with E-state index >= 15 is 0 Å². The second-order valence-corrected chi connectivity index (χ2v) is 7.30. The molecule has 2 atom stereocenters. The van der Waals surface area contributed by atoms with E-state index in [1.165, 1.54) is 35.4 Å². The normalized spacial score (nSPS) is 24.1. The molecule has 0 spiro atoms. The van der Waals surface area contributed by atoms with E-state index in [4.69, 9.17) is 0 Å². The zero-order chi connectivity index (χ0) is 17.1. The van der Waals surface area contributed by atoms with E-state index in [9.17, 15) is 0 Å². The summed E-state index contributed by atoms with van der Waals surface area (Å²) in [6.07, 6.45) is 4.62. The highest BCUT2D eigenvalue weighted by Gasteiger charge is 2.31. The molecule has 2 aliphatic rings. The van der Waals surface area contributed by atoms with Crippen LogP contribution in [0.4, 0.5) is 0 Å². The van der Waals surface area contributed by atoms with Crippen LogP contribution in [0.15, 0.2) is 72.9 Å². The number of hydrogen-bond acceptors (Lipinski definition) is 1. The number of nitrogens with zero attached hydrogens (tertiary/aromatic N) is 1. The van der Waals surface area contributed by atoms with Gasteiger partial charge in [-0.25, -0.2) is 4.99 Å². The monoisotopic (exact) mass is 331 g/mol. The van der Waals surface area contributed by atoms with Gasteiger partial charge in [-0.2, -0.15) is 0 Å². The van der Waals surface area contributed by atoms with Gasteiger partial charge in [0.25, 0.3) is 0 Å². The Balaban J connectivity index is 1.71. The molecular weight excluding hydrogens is 304 g/mol. The predicted molar refractivity (Wildman–Crippen MR) is 104 cm³/mol. The average Bonchev–Trinajstić information content (AvgIpc) is 3.15. The SMILES string of the molecule is C=C1C[C@H](c2ccccc2)CC(c2ccccc2)=[NH+]C[C@@H]2CCCN12. The summed E-state index contributed by atoms with van der Waals surface area (Å²) >= 11 is 0. The zero-order valence-electron chi connectivity index (χ0n) is 14.8. The van der Waals surface area contributed by atoms with Gasteiger partial charge >= 0.3 is 0 Å². The van der Waals surface area contributed by atoms with Gasteiger partial charge in [0.1, 0.15) is 0 Å². The van der Waals surface area contributed by atoms with Crippen LogP contribution in [0.25, 0.3) is 0 Å². The number of benzene rings is 2. The highest BCUT2D eigenvalue weighted by Crippen LogP contribution is 2.32. The number of rotatable bonds is 2. The average molecular weight is 331 g/mol. The second kappa shape index (κ2) is 7.26. The highest BCUT2D eigenvalue weighted by molar-refractivity contribution is 5.96. The minimum atomic E-state index is 0.468. The fraction of sp³-hybridized carbons (Fsp3) is 0.348.